The molecule has 0 radical (unpaired) electrons. The molecule has 0 saturated heterocycles. The smallest absolute Gasteiger partial charge is 0.0443 e. The van der Waals surface area contributed by atoms with Crippen molar-refractivity contribution in [2.45, 2.75) is 25.8 Å². The maximum absolute atomic E-state index is 3.64. The number of hydrogen-bond donors (Lipinski definition) is 1. The third kappa shape index (κ3) is 3.10. The molecule has 3 rings (SSSR count). The first-order chi connectivity index (χ1) is 9.28. The molecule has 1 fully saturated rings. The Balaban J connectivity index is 1.83. The van der Waals surface area contributed by atoms with Gasteiger partial charge in [-0.1, -0.05) is 35.0 Å². The van der Waals surface area contributed by atoms with Gasteiger partial charge in [0.05, 0.1) is 0 Å². The van der Waals surface area contributed by atoms with Gasteiger partial charge in [-0.2, -0.15) is 0 Å². The Kier molecular flexibility index (Phi) is 4.06. The third-order valence-corrected chi connectivity index (χ3v) is 5.33. The summed E-state index contributed by atoms with van der Waals surface area (Å²) in [6.07, 6.45) is 2.76. The van der Waals surface area contributed by atoms with E-state index in [1.807, 2.05) is 11.3 Å². The average molecular weight is 336 g/mol. The zero-order valence-electron chi connectivity index (χ0n) is 11.0. The summed E-state index contributed by atoms with van der Waals surface area (Å²) in [6, 6.07) is 13.7. The van der Waals surface area contributed by atoms with Crippen LogP contribution in [0.4, 0.5) is 0 Å². The van der Waals surface area contributed by atoms with Crippen molar-refractivity contribution >= 4 is 27.3 Å². The van der Waals surface area contributed by atoms with Crippen molar-refractivity contribution in [3.05, 3.63) is 45.7 Å². The van der Waals surface area contributed by atoms with Crippen LogP contribution in [0, 0.1) is 5.92 Å². The lowest BCUT2D eigenvalue weighted by Gasteiger charge is -2.15. The highest BCUT2D eigenvalue weighted by Gasteiger charge is 2.32. The van der Waals surface area contributed by atoms with Gasteiger partial charge in [0.2, 0.25) is 0 Å². The fraction of sp³-hybridized carbons (Fsp3) is 0.375. The lowest BCUT2D eigenvalue weighted by molar-refractivity contribution is 0.504. The van der Waals surface area contributed by atoms with Gasteiger partial charge < -0.3 is 5.32 Å². The number of nitrogens with one attached hydrogen (secondary N) is 1. The summed E-state index contributed by atoms with van der Waals surface area (Å²) in [4.78, 5) is 2.85. The predicted octanol–water partition coefficient (Wildman–Crippen LogP) is 5.24. The van der Waals surface area contributed by atoms with Crippen LogP contribution in [-0.4, -0.2) is 6.54 Å². The molecule has 100 valence electrons. The fourth-order valence-electron chi connectivity index (χ4n) is 2.44. The lowest BCUT2D eigenvalue weighted by atomic mass is 10.1. The molecule has 1 nitrogen and oxygen atoms in total. The molecular formula is C16H18BrNS. The largest absolute Gasteiger partial charge is 0.309 e. The molecule has 1 unspecified atom stereocenters. The van der Waals surface area contributed by atoms with Crippen LogP contribution in [0.1, 0.15) is 30.7 Å². The summed E-state index contributed by atoms with van der Waals surface area (Å²) >= 11 is 5.42. The van der Waals surface area contributed by atoms with Crippen molar-refractivity contribution in [2.24, 2.45) is 5.92 Å². The van der Waals surface area contributed by atoms with Crippen LogP contribution in [0.5, 0.6) is 0 Å². The van der Waals surface area contributed by atoms with Gasteiger partial charge in [-0.3, -0.25) is 0 Å². The van der Waals surface area contributed by atoms with Crippen molar-refractivity contribution in [2.75, 3.05) is 6.54 Å². The molecule has 3 heteroatoms. The van der Waals surface area contributed by atoms with Crippen LogP contribution in [0.15, 0.2) is 40.9 Å². The minimum absolute atomic E-state index is 0.569. The topological polar surface area (TPSA) is 12.0 Å². The Hall–Kier alpha value is -0.640. The molecule has 0 aliphatic heterocycles. The Morgan fingerprint density at radius 3 is 2.58 bits per heavy atom. The van der Waals surface area contributed by atoms with E-state index in [4.69, 9.17) is 0 Å². The maximum Gasteiger partial charge on any atom is 0.0443 e. The average Bonchev–Trinajstić information content (AvgIpc) is 3.14. The first-order valence-electron chi connectivity index (χ1n) is 6.87. The van der Waals surface area contributed by atoms with E-state index < -0.39 is 0 Å². The second-order valence-electron chi connectivity index (χ2n) is 5.08. The Morgan fingerprint density at radius 2 is 1.95 bits per heavy atom. The van der Waals surface area contributed by atoms with Gasteiger partial charge in [0.1, 0.15) is 0 Å². The number of hydrogen-bond acceptors (Lipinski definition) is 2. The monoisotopic (exact) mass is 335 g/mol. The molecule has 1 aromatic heterocycles. The lowest BCUT2D eigenvalue weighted by Crippen LogP contribution is -2.21. The molecule has 1 aliphatic carbocycles. The van der Waals surface area contributed by atoms with E-state index >= 15 is 0 Å². The molecule has 0 amide bonds. The van der Waals surface area contributed by atoms with Crippen LogP contribution >= 0.6 is 27.3 Å². The molecule has 0 bridgehead atoms. The van der Waals surface area contributed by atoms with E-state index in [1.165, 1.54) is 28.2 Å². The molecule has 0 spiro atoms. The van der Waals surface area contributed by atoms with Gasteiger partial charge in [0, 0.05) is 20.3 Å². The Morgan fingerprint density at radius 1 is 1.21 bits per heavy atom. The normalized spacial score (nSPS) is 16.5. The molecule has 1 atom stereocenters. The van der Waals surface area contributed by atoms with Crippen LogP contribution in [0.2, 0.25) is 0 Å². The Labute approximate surface area is 127 Å². The number of benzene rings is 1. The summed E-state index contributed by atoms with van der Waals surface area (Å²) in [5.74, 6) is 0.858. The minimum atomic E-state index is 0.569. The van der Waals surface area contributed by atoms with E-state index in [1.54, 1.807) is 0 Å². The van der Waals surface area contributed by atoms with E-state index in [2.05, 4.69) is 64.6 Å². The summed E-state index contributed by atoms with van der Waals surface area (Å²) in [5.41, 5.74) is 1.31. The molecular weight excluding hydrogens is 318 g/mol. The molecule has 1 saturated carbocycles. The molecule has 1 heterocycles. The van der Waals surface area contributed by atoms with Gasteiger partial charge >= 0.3 is 0 Å². The van der Waals surface area contributed by atoms with E-state index in [9.17, 15) is 0 Å². The summed E-state index contributed by atoms with van der Waals surface area (Å²) in [6.45, 7) is 3.24. The summed E-state index contributed by atoms with van der Waals surface area (Å²) in [5, 5.41) is 3.64. The van der Waals surface area contributed by atoms with Crippen molar-refractivity contribution in [1.82, 2.24) is 5.32 Å². The van der Waals surface area contributed by atoms with E-state index in [-0.39, 0.29) is 0 Å². The predicted molar refractivity (Wildman–Crippen MR) is 86.6 cm³/mol. The summed E-state index contributed by atoms with van der Waals surface area (Å²) in [7, 11) is 0. The highest BCUT2D eigenvalue weighted by Crippen LogP contribution is 2.44. The molecule has 1 N–H and O–H groups in total. The zero-order chi connectivity index (χ0) is 13.2. The first kappa shape index (κ1) is 13.3. The van der Waals surface area contributed by atoms with Gasteiger partial charge in [-0.05, 0) is 55.1 Å². The van der Waals surface area contributed by atoms with E-state index in [0.29, 0.717) is 6.04 Å². The van der Waals surface area contributed by atoms with Crippen LogP contribution in [0.25, 0.3) is 10.4 Å². The number of thiophene rings is 1. The Bertz CT molecular complexity index is 542. The highest BCUT2D eigenvalue weighted by molar-refractivity contribution is 9.10. The second kappa shape index (κ2) is 5.78. The van der Waals surface area contributed by atoms with Crippen LogP contribution < -0.4 is 5.32 Å². The highest BCUT2D eigenvalue weighted by atomic mass is 79.9. The number of rotatable bonds is 5. The molecule has 1 aromatic carbocycles. The van der Waals surface area contributed by atoms with Crippen molar-refractivity contribution in [3.63, 3.8) is 0 Å². The minimum Gasteiger partial charge on any atom is -0.309 e. The van der Waals surface area contributed by atoms with Gasteiger partial charge in [-0.25, -0.2) is 0 Å². The van der Waals surface area contributed by atoms with Gasteiger partial charge in [0.15, 0.2) is 0 Å². The molecule has 1 aliphatic rings. The molecule has 19 heavy (non-hydrogen) atoms. The van der Waals surface area contributed by atoms with Crippen LogP contribution in [-0.2, 0) is 0 Å². The maximum atomic E-state index is 3.64. The SMILES string of the molecule is CCNC(c1ccc(-c2ccc(Br)cc2)s1)C1CC1. The van der Waals surface area contributed by atoms with Gasteiger partial charge in [0.25, 0.3) is 0 Å². The van der Waals surface area contributed by atoms with Crippen molar-refractivity contribution < 1.29 is 0 Å². The standard InChI is InChI=1S/C16H18BrNS/c1-2-18-16(12-3-4-12)15-10-9-14(19-15)11-5-7-13(17)8-6-11/h5-10,12,16,18H,2-4H2,1H3. The van der Waals surface area contributed by atoms with Gasteiger partial charge in [-0.15, -0.1) is 11.3 Å². The quantitative estimate of drug-likeness (QED) is 0.787. The van der Waals surface area contributed by atoms with Crippen molar-refractivity contribution in [3.8, 4) is 10.4 Å². The number of halogens is 1. The molecule has 2 aromatic rings. The third-order valence-electron chi connectivity index (χ3n) is 3.58. The van der Waals surface area contributed by atoms with Crippen LogP contribution in [0.3, 0.4) is 0 Å². The zero-order valence-corrected chi connectivity index (χ0v) is 13.4. The fourth-order valence-corrected chi connectivity index (χ4v) is 3.89. The summed E-state index contributed by atoms with van der Waals surface area (Å²) < 4.78 is 1.14. The van der Waals surface area contributed by atoms with E-state index in [0.717, 1.165) is 16.9 Å². The first-order valence-corrected chi connectivity index (χ1v) is 8.48. The van der Waals surface area contributed by atoms with Crippen molar-refractivity contribution in [1.29, 1.82) is 0 Å². The second-order valence-corrected chi connectivity index (χ2v) is 7.11.